The second-order valence-corrected chi connectivity index (χ2v) is 4.46. The lowest BCUT2D eigenvalue weighted by atomic mass is 10.1. The largest absolute Gasteiger partial charge is 1.00 e. The van der Waals surface area contributed by atoms with Crippen LogP contribution in [0.4, 0.5) is 0 Å². The van der Waals surface area contributed by atoms with E-state index in [1.54, 1.807) is 0 Å². The Bertz CT molecular complexity index is 80.3. The zero-order valence-electron chi connectivity index (χ0n) is 11.8. The van der Waals surface area contributed by atoms with Gasteiger partial charge in [0.1, 0.15) is 0 Å². The SMILES string of the molecule is CCCCCCCC[NH2+]C.C[NH+](C)C.[Cl-].[Cl-]. The van der Waals surface area contributed by atoms with Gasteiger partial charge in [0.2, 0.25) is 0 Å². The van der Waals surface area contributed by atoms with E-state index in [4.69, 9.17) is 0 Å². The van der Waals surface area contributed by atoms with Crippen LogP contribution >= 0.6 is 0 Å². The Morgan fingerprint density at radius 2 is 1.19 bits per heavy atom. The van der Waals surface area contributed by atoms with Crippen molar-refractivity contribution in [3.63, 3.8) is 0 Å². The molecule has 0 saturated carbocycles. The Balaban J connectivity index is -0.000000105. The summed E-state index contributed by atoms with van der Waals surface area (Å²) in [5.74, 6) is 0. The molecule has 0 aliphatic heterocycles. The maximum absolute atomic E-state index is 2.26. The van der Waals surface area contributed by atoms with Crippen LogP contribution in [0.15, 0.2) is 0 Å². The summed E-state index contributed by atoms with van der Waals surface area (Å²) < 4.78 is 0. The first-order valence-corrected chi connectivity index (χ1v) is 6.19. The van der Waals surface area contributed by atoms with Gasteiger partial charge in [0.05, 0.1) is 34.7 Å². The van der Waals surface area contributed by atoms with Crippen molar-refractivity contribution in [2.75, 3.05) is 34.7 Å². The average molecular weight is 275 g/mol. The molecular formula is C12H32Cl2N2. The number of hydrogen-bond acceptors (Lipinski definition) is 0. The highest BCUT2D eigenvalue weighted by Gasteiger charge is 1.88. The van der Waals surface area contributed by atoms with Gasteiger partial charge in [-0.25, -0.2) is 0 Å². The molecule has 0 amide bonds. The van der Waals surface area contributed by atoms with Gasteiger partial charge in [0.25, 0.3) is 0 Å². The number of quaternary nitrogens is 2. The Labute approximate surface area is 115 Å². The van der Waals surface area contributed by atoms with Crippen LogP contribution < -0.4 is 35.0 Å². The van der Waals surface area contributed by atoms with Crippen LogP contribution in [0.1, 0.15) is 45.4 Å². The Hall–Kier alpha value is 0.500. The molecule has 4 heteroatoms. The van der Waals surface area contributed by atoms with E-state index in [0.29, 0.717) is 0 Å². The first-order chi connectivity index (χ1) is 6.65. The van der Waals surface area contributed by atoms with Crippen LogP contribution in [0.5, 0.6) is 0 Å². The molecule has 0 atom stereocenters. The van der Waals surface area contributed by atoms with Crippen molar-refractivity contribution in [2.45, 2.75) is 45.4 Å². The number of nitrogens with two attached hydrogens (primary N) is 1. The van der Waals surface area contributed by atoms with Gasteiger partial charge >= 0.3 is 0 Å². The third-order valence-electron chi connectivity index (χ3n) is 1.85. The van der Waals surface area contributed by atoms with Crippen molar-refractivity contribution in [1.82, 2.24) is 0 Å². The molecule has 0 aromatic rings. The quantitative estimate of drug-likeness (QED) is 0.432. The molecule has 0 radical (unpaired) electrons. The summed E-state index contributed by atoms with van der Waals surface area (Å²) in [6.45, 7) is 3.58. The molecule has 0 unspecified atom stereocenters. The Kier molecular flexibility index (Phi) is 39.1. The van der Waals surface area contributed by atoms with Crippen LogP contribution in [0.3, 0.4) is 0 Å². The van der Waals surface area contributed by atoms with E-state index in [2.05, 4.69) is 40.4 Å². The molecule has 0 aromatic heterocycles. The highest BCUT2D eigenvalue weighted by atomic mass is 35.5. The van der Waals surface area contributed by atoms with Crippen molar-refractivity contribution in [3.8, 4) is 0 Å². The molecule has 0 aromatic carbocycles. The first kappa shape index (κ1) is 25.4. The topological polar surface area (TPSA) is 21.1 Å². The molecule has 0 aliphatic rings. The molecule has 104 valence electrons. The average Bonchev–Trinajstić information content (AvgIpc) is 2.10. The van der Waals surface area contributed by atoms with Crippen LogP contribution in [0, 0.1) is 0 Å². The number of hydrogen-bond donors (Lipinski definition) is 2. The zero-order chi connectivity index (χ0) is 11.2. The lowest BCUT2D eigenvalue weighted by Gasteiger charge is -1.97. The van der Waals surface area contributed by atoms with Crippen molar-refractivity contribution in [2.24, 2.45) is 0 Å². The van der Waals surface area contributed by atoms with E-state index in [1.807, 2.05) is 0 Å². The maximum Gasteiger partial charge on any atom is 0.0753 e. The summed E-state index contributed by atoms with van der Waals surface area (Å²) in [5, 5.41) is 2.26. The first-order valence-electron chi connectivity index (χ1n) is 6.19. The molecular weight excluding hydrogens is 243 g/mol. The molecule has 0 saturated heterocycles. The molecule has 0 aliphatic carbocycles. The number of rotatable bonds is 7. The second kappa shape index (κ2) is 24.6. The number of unbranched alkanes of at least 4 members (excludes halogenated alkanes) is 5. The highest BCUT2D eigenvalue weighted by Crippen LogP contribution is 2.03. The summed E-state index contributed by atoms with van der Waals surface area (Å²) >= 11 is 0. The lowest BCUT2D eigenvalue weighted by Crippen LogP contribution is -3.02. The maximum atomic E-state index is 2.26. The molecule has 0 bridgehead atoms. The van der Waals surface area contributed by atoms with Crippen LogP contribution in [-0.2, 0) is 0 Å². The molecule has 3 N–H and O–H groups in total. The summed E-state index contributed by atoms with van der Waals surface area (Å²) in [5.41, 5.74) is 0. The highest BCUT2D eigenvalue weighted by molar-refractivity contribution is 4.41. The van der Waals surface area contributed by atoms with Gasteiger partial charge in [0.15, 0.2) is 0 Å². The second-order valence-electron chi connectivity index (χ2n) is 4.46. The van der Waals surface area contributed by atoms with Gasteiger partial charge in [-0.15, -0.1) is 0 Å². The molecule has 0 rings (SSSR count). The molecule has 16 heavy (non-hydrogen) atoms. The van der Waals surface area contributed by atoms with Crippen molar-refractivity contribution >= 4 is 0 Å². The van der Waals surface area contributed by atoms with E-state index >= 15 is 0 Å². The van der Waals surface area contributed by atoms with Gasteiger partial charge in [-0.2, -0.15) is 0 Å². The predicted molar refractivity (Wildman–Crippen MR) is 64.8 cm³/mol. The van der Waals surface area contributed by atoms with Crippen LogP contribution in [-0.4, -0.2) is 34.7 Å². The fourth-order valence-corrected chi connectivity index (χ4v) is 1.13. The van der Waals surface area contributed by atoms with E-state index in [1.165, 1.54) is 50.0 Å². The van der Waals surface area contributed by atoms with Crippen LogP contribution in [0.25, 0.3) is 0 Å². The molecule has 0 spiro atoms. The van der Waals surface area contributed by atoms with E-state index < -0.39 is 0 Å². The van der Waals surface area contributed by atoms with E-state index in [0.717, 1.165) is 0 Å². The Morgan fingerprint density at radius 3 is 1.56 bits per heavy atom. The molecule has 0 heterocycles. The minimum absolute atomic E-state index is 0. The summed E-state index contributed by atoms with van der Waals surface area (Å²) in [4.78, 5) is 1.42. The van der Waals surface area contributed by atoms with Crippen molar-refractivity contribution in [1.29, 1.82) is 0 Å². The van der Waals surface area contributed by atoms with Gasteiger partial charge in [-0.3, -0.25) is 0 Å². The third-order valence-corrected chi connectivity index (χ3v) is 1.85. The van der Waals surface area contributed by atoms with Gasteiger partial charge in [-0.1, -0.05) is 32.6 Å². The summed E-state index contributed by atoms with van der Waals surface area (Å²) in [6, 6.07) is 0. The summed E-state index contributed by atoms with van der Waals surface area (Å²) in [7, 11) is 8.39. The smallest absolute Gasteiger partial charge is 0.0753 e. The van der Waals surface area contributed by atoms with Crippen molar-refractivity contribution in [3.05, 3.63) is 0 Å². The molecule has 0 fully saturated rings. The number of halogens is 2. The fourth-order valence-electron chi connectivity index (χ4n) is 1.13. The van der Waals surface area contributed by atoms with Crippen LogP contribution in [0.2, 0.25) is 0 Å². The summed E-state index contributed by atoms with van der Waals surface area (Å²) in [6.07, 6.45) is 8.52. The minimum atomic E-state index is 0. The Morgan fingerprint density at radius 1 is 0.812 bits per heavy atom. The normalized spacial score (nSPS) is 8.62. The van der Waals surface area contributed by atoms with Crippen molar-refractivity contribution < 1.29 is 35.0 Å². The molecule has 2 nitrogen and oxygen atoms in total. The third kappa shape index (κ3) is 47.0. The predicted octanol–water partition coefficient (Wildman–Crippen LogP) is -5.69. The standard InChI is InChI=1S/C9H21N.C3H9N.2ClH/c1-3-4-5-6-7-8-9-10-2;1-4(2)3;;/h10H,3-9H2,1-2H3;1-3H3;2*1H. The van der Waals surface area contributed by atoms with Gasteiger partial charge in [0, 0.05) is 0 Å². The zero-order valence-corrected chi connectivity index (χ0v) is 13.3. The number of nitrogens with one attached hydrogen (secondary N) is 1. The van der Waals surface area contributed by atoms with Gasteiger partial charge < -0.3 is 35.0 Å². The lowest BCUT2D eigenvalue weighted by molar-refractivity contribution is -0.836. The fraction of sp³-hybridized carbons (Fsp3) is 1.00. The minimum Gasteiger partial charge on any atom is -1.00 e. The van der Waals surface area contributed by atoms with E-state index in [9.17, 15) is 0 Å². The van der Waals surface area contributed by atoms with Gasteiger partial charge in [-0.05, 0) is 12.8 Å². The van der Waals surface area contributed by atoms with E-state index in [-0.39, 0.29) is 24.8 Å². The monoisotopic (exact) mass is 274 g/mol.